The average molecular weight is 323 g/mol. The number of rotatable bonds is 3. The second-order valence-electron chi connectivity index (χ2n) is 5.98. The summed E-state index contributed by atoms with van der Waals surface area (Å²) in [6.45, 7) is 1.94. The molecule has 3 aromatic rings. The second-order valence-corrected chi connectivity index (χ2v) is 5.98. The zero-order valence-electron chi connectivity index (χ0n) is 13.2. The first-order valence-corrected chi connectivity index (χ1v) is 7.87. The van der Waals surface area contributed by atoms with Gasteiger partial charge in [-0.15, -0.1) is 5.10 Å². The van der Waals surface area contributed by atoms with E-state index >= 15 is 0 Å². The number of nitrogens with one attached hydrogen (secondary N) is 2. The summed E-state index contributed by atoms with van der Waals surface area (Å²) in [5.41, 5.74) is 3.80. The van der Waals surface area contributed by atoms with E-state index in [0.29, 0.717) is 6.42 Å². The first-order valence-electron chi connectivity index (χ1n) is 7.87. The fourth-order valence-corrected chi connectivity index (χ4v) is 3.07. The highest BCUT2D eigenvalue weighted by Gasteiger charge is 2.26. The zero-order chi connectivity index (χ0) is 16.5. The fraction of sp³-hybridized carbons (Fsp3) is 0.312. The molecule has 0 aliphatic heterocycles. The van der Waals surface area contributed by atoms with Gasteiger partial charge in [0.15, 0.2) is 0 Å². The van der Waals surface area contributed by atoms with Crippen molar-refractivity contribution in [3.63, 3.8) is 0 Å². The van der Waals surface area contributed by atoms with E-state index in [2.05, 4.69) is 30.8 Å². The summed E-state index contributed by atoms with van der Waals surface area (Å²) < 4.78 is 1.56. The Bertz CT molecular complexity index is 851. The van der Waals surface area contributed by atoms with Gasteiger partial charge in [-0.2, -0.15) is 0 Å². The summed E-state index contributed by atoms with van der Waals surface area (Å²) in [6.07, 6.45) is 3.91. The first kappa shape index (κ1) is 14.6. The lowest BCUT2D eigenvalue weighted by molar-refractivity contribution is -0.120. The maximum atomic E-state index is 12.5. The Morgan fingerprint density at radius 2 is 2.17 bits per heavy atom. The Balaban J connectivity index is 1.43. The van der Waals surface area contributed by atoms with Gasteiger partial charge >= 0.3 is 0 Å². The van der Waals surface area contributed by atoms with E-state index in [1.165, 1.54) is 6.33 Å². The molecule has 8 nitrogen and oxygen atoms in total. The van der Waals surface area contributed by atoms with E-state index in [4.69, 9.17) is 0 Å². The topological polar surface area (TPSA) is 101 Å². The number of hydrogen-bond donors (Lipinski definition) is 2. The van der Waals surface area contributed by atoms with Crippen LogP contribution in [0.15, 0.2) is 30.6 Å². The third kappa shape index (κ3) is 2.78. The minimum atomic E-state index is -0.0310. The van der Waals surface area contributed by atoms with E-state index in [1.54, 1.807) is 4.68 Å². The predicted octanol–water partition coefficient (Wildman–Crippen LogP) is 1.44. The minimum Gasteiger partial charge on any atom is -0.346 e. The van der Waals surface area contributed by atoms with Crippen molar-refractivity contribution in [1.82, 2.24) is 30.2 Å². The number of fused-ring (bicyclic) bond motifs is 1. The first-order chi connectivity index (χ1) is 11.7. The second kappa shape index (κ2) is 5.88. The van der Waals surface area contributed by atoms with Crippen molar-refractivity contribution in [2.45, 2.75) is 26.2 Å². The summed E-state index contributed by atoms with van der Waals surface area (Å²) in [4.78, 5) is 20.2. The molecule has 0 bridgehead atoms. The molecular weight excluding hydrogens is 306 g/mol. The van der Waals surface area contributed by atoms with E-state index in [0.717, 1.165) is 41.4 Å². The quantitative estimate of drug-likeness (QED) is 0.759. The van der Waals surface area contributed by atoms with Crippen molar-refractivity contribution in [2.24, 2.45) is 5.92 Å². The molecular formula is C16H17N7O. The van der Waals surface area contributed by atoms with Gasteiger partial charge in [-0.3, -0.25) is 4.79 Å². The zero-order valence-corrected chi connectivity index (χ0v) is 13.2. The van der Waals surface area contributed by atoms with Crippen molar-refractivity contribution < 1.29 is 4.79 Å². The van der Waals surface area contributed by atoms with Gasteiger partial charge in [0, 0.05) is 23.7 Å². The average Bonchev–Trinajstić information content (AvgIpc) is 3.23. The third-order valence-corrected chi connectivity index (χ3v) is 4.28. The molecule has 2 heterocycles. The number of nitrogens with zero attached hydrogens (tertiary/aromatic N) is 5. The van der Waals surface area contributed by atoms with Gasteiger partial charge in [0.05, 0.1) is 11.4 Å². The molecule has 2 N–H and O–H groups in total. The normalized spacial score (nSPS) is 16.6. The number of imidazole rings is 1. The van der Waals surface area contributed by atoms with Crippen LogP contribution in [0.1, 0.15) is 23.6 Å². The van der Waals surface area contributed by atoms with Crippen LogP contribution in [-0.4, -0.2) is 36.1 Å². The monoisotopic (exact) mass is 323 g/mol. The molecule has 1 atom stereocenters. The van der Waals surface area contributed by atoms with Crippen LogP contribution < -0.4 is 5.32 Å². The molecule has 0 radical (unpaired) electrons. The lowest BCUT2D eigenvalue weighted by Gasteiger charge is -2.20. The Morgan fingerprint density at radius 3 is 2.92 bits per heavy atom. The van der Waals surface area contributed by atoms with Crippen LogP contribution in [0.2, 0.25) is 0 Å². The van der Waals surface area contributed by atoms with E-state index in [9.17, 15) is 4.79 Å². The van der Waals surface area contributed by atoms with Crippen molar-refractivity contribution in [2.75, 3.05) is 5.32 Å². The SMILES string of the molecule is Cc1nc2c([nH]1)CC(C(=O)Nc1ccc(-n3cnnn3)cc1)CC2. The van der Waals surface area contributed by atoms with Gasteiger partial charge in [-0.05, 0) is 54.5 Å². The Labute approximate surface area is 138 Å². The summed E-state index contributed by atoms with van der Waals surface area (Å²) >= 11 is 0. The maximum Gasteiger partial charge on any atom is 0.227 e. The number of tetrazole rings is 1. The molecule has 1 aliphatic rings. The maximum absolute atomic E-state index is 12.5. The summed E-state index contributed by atoms with van der Waals surface area (Å²) in [5.74, 6) is 0.930. The molecule has 0 spiro atoms. The van der Waals surface area contributed by atoms with Gasteiger partial charge in [-0.1, -0.05) is 0 Å². The van der Waals surface area contributed by atoms with Gasteiger partial charge < -0.3 is 10.3 Å². The molecule has 122 valence electrons. The number of aryl methyl sites for hydroxylation is 2. The Kier molecular flexibility index (Phi) is 3.56. The number of aromatic amines is 1. The molecule has 4 rings (SSSR count). The lowest BCUT2D eigenvalue weighted by atomic mass is 9.89. The van der Waals surface area contributed by atoms with E-state index in [1.807, 2.05) is 31.2 Å². The van der Waals surface area contributed by atoms with Crippen LogP contribution >= 0.6 is 0 Å². The smallest absolute Gasteiger partial charge is 0.227 e. The van der Waals surface area contributed by atoms with Gasteiger partial charge in [0.25, 0.3) is 0 Å². The molecule has 1 amide bonds. The number of amides is 1. The van der Waals surface area contributed by atoms with Crippen LogP contribution in [0, 0.1) is 12.8 Å². The van der Waals surface area contributed by atoms with Crippen molar-refractivity contribution >= 4 is 11.6 Å². The molecule has 2 aromatic heterocycles. The molecule has 0 fully saturated rings. The van der Waals surface area contributed by atoms with E-state index < -0.39 is 0 Å². The molecule has 1 aromatic carbocycles. The fourth-order valence-electron chi connectivity index (χ4n) is 3.07. The number of aromatic nitrogens is 6. The van der Waals surface area contributed by atoms with Crippen LogP contribution in [0.4, 0.5) is 5.69 Å². The van der Waals surface area contributed by atoms with Crippen LogP contribution in [-0.2, 0) is 17.6 Å². The Morgan fingerprint density at radius 1 is 1.33 bits per heavy atom. The van der Waals surface area contributed by atoms with Gasteiger partial charge in [0.1, 0.15) is 12.2 Å². The highest BCUT2D eigenvalue weighted by molar-refractivity contribution is 5.92. The minimum absolute atomic E-state index is 0.0310. The summed E-state index contributed by atoms with van der Waals surface area (Å²) in [5, 5.41) is 14.0. The summed E-state index contributed by atoms with van der Waals surface area (Å²) in [7, 11) is 0. The van der Waals surface area contributed by atoms with Crippen molar-refractivity contribution in [1.29, 1.82) is 0 Å². The number of anilines is 1. The third-order valence-electron chi connectivity index (χ3n) is 4.28. The lowest BCUT2D eigenvalue weighted by Crippen LogP contribution is -2.28. The molecule has 0 saturated heterocycles. The highest BCUT2D eigenvalue weighted by Crippen LogP contribution is 2.25. The number of carbonyl (C=O) groups is 1. The highest BCUT2D eigenvalue weighted by atomic mass is 16.1. The largest absolute Gasteiger partial charge is 0.346 e. The number of benzene rings is 1. The Hall–Kier alpha value is -3.03. The van der Waals surface area contributed by atoms with Crippen molar-refractivity contribution in [3.8, 4) is 5.69 Å². The van der Waals surface area contributed by atoms with Gasteiger partial charge in [-0.25, -0.2) is 9.67 Å². The van der Waals surface area contributed by atoms with Gasteiger partial charge in [0.2, 0.25) is 5.91 Å². The van der Waals surface area contributed by atoms with Crippen LogP contribution in [0.25, 0.3) is 5.69 Å². The van der Waals surface area contributed by atoms with Crippen LogP contribution in [0.3, 0.4) is 0 Å². The van der Waals surface area contributed by atoms with Crippen molar-refractivity contribution in [3.05, 3.63) is 47.8 Å². The number of H-pyrrole nitrogens is 1. The number of carbonyl (C=O) groups excluding carboxylic acids is 1. The predicted molar refractivity (Wildman–Crippen MR) is 86.6 cm³/mol. The standard InChI is InChI=1S/C16H17N7O/c1-10-18-14-7-2-11(8-15(14)19-10)16(24)20-12-3-5-13(6-4-12)23-9-17-21-22-23/h3-6,9,11H,2,7-8H2,1H3,(H,18,19)(H,20,24). The molecule has 0 saturated carbocycles. The molecule has 24 heavy (non-hydrogen) atoms. The molecule has 1 aliphatic carbocycles. The molecule has 1 unspecified atom stereocenters. The number of hydrogen-bond acceptors (Lipinski definition) is 5. The summed E-state index contributed by atoms with van der Waals surface area (Å²) in [6, 6.07) is 7.43. The van der Waals surface area contributed by atoms with E-state index in [-0.39, 0.29) is 11.8 Å². The van der Waals surface area contributed by atoms with Crippen LogP contribution in [0.5, 0.6) is 0 Å². The molecule has 8 heteroatoms.